The van der Waals surface area contributed by atoms with E-state index in [0.29, 0.717) is 0 Å². The Morgan fingerprint density at radius 3 is 0.783 bits per heavy atom. The maximum absolute atomic E-state index is 11.6. The van der Waals surface area contributed by atoms with Crippen LogP contribution in [0, 0.1) is 0 Å². The van der Waals surface area contributed by atoms with E-state index in [1.165, 1.54) is 0 Å². The molecule has 0 bridgehead atoms. The summed E-state index contributed by atoms with van der Waals surface area (Å²) in [5.41, 5.74) is 0. The summed E-state index contributed by atoms with van der Waals surface area (Å²) in [6.07, 6.45) is -7.13. The molecule has 1 radical (unpaired) electrons. The van der Waals surface area contributed by atoms with Gasteiger partial charge in [-0.15, -0.1) is 0 Å². The van der Waals surface area contributed by atoms with Crippen LogP contribution in [-0.2, 0) is 49.2 Å². The smallest absolute Gasteiger partial charge is 0.456 e. The van der Waals surface area contributed by atoms with Gasteiger partial charge in [0.05, 0.1) is 0 Å². The summed E-state index contributed by atoms with van der Waals surface area (Å²) in [6, 6.07) is 0. The van der Waals surface area contributed by atoms with Gasteiger partial charge < -0.3 is 28.8 Å². The predicted octanol–water partition coefficient (Wildman–Crippen LogP) is 0.556. The van der Waals surface area contributed by atoms with Crippen LogP contribution in [0.25, 0.3) is 0 Å². The molecule has 0 aliphatic heterocycles. The monoisotopic (exact) mass is 529 g/mol. The maximum atomic E-state index is 11.6. The van der Waals surface area contributed by atoms with Crippen LogP contribution in [0.15, 0.2) is 0 Å². The molecule has 139 valence electrons. The molecule has 0 N–H and O–H groups in total. The predicted molar refractivity (Wildman–Crippen MR) is 55.4 cm³/mol. The summed E-state index contributed by atoms with van der Waals surface area (Å²) in [5.74, 6) is -12.2. The minimum absolute atomic E-state index is 0. The topological polar surface area (TPSA) is 102 Å². The number of carbonyl (C=O) groups excluding carboxylic acids is 6. The summed E-state index contributed by atoms with van der Waals surface area (Å²) in [4.78, 5) is 47.8. The average Bonchev–Trinajstić information content (AvgIpc) is 2.55. The molecule has 0 aromatic rings. The molecule has 0 saturated heterocycles. The van der Waals surface area contributed by atoms with Crippen LogP contribution in [0.5, 0.6) is 0 Å². The number of halogens is 7. The van der Waals surface area contributed by atoms with Crippen LogP contribution >= 0.6 is 0 Å². The van der Waals surface area contributed by atoms with Crippen molar-refractivity contribution in [3.05, 3.63) is 0 Å². The second-order valence-corrected chi connectivity index (χ2v) is 1.75. The van der Waals surface area contributed by atoms with E-state index in [4.69, 9.17) is 28.8 Å². The van der Waals surface area contributed by atoms with Crippen molar-refractivity contribution in [1.82, 2.24) is 0 Å². The first-order valence-electron chi connectivity index (χ1n) is 3.46. The molecule has 6 nitrogen and oxygen atoms in total. The van der Waals surface area contributed by atoms with Gasteiger partial charge in [0.2, 0.25) is 5.92 Å². The van der Waals surface area contributed by atoms with Crippen molar-refractivity contribution in [2.45, 2.75) is 18.0 Å². The van der Waals surface area contributed by atoms with Gasteiger partial charge in [-0.25, -0.2) is 8.78 Å². The zero-order valence-electron chi connectivity index (χ0n) is 10.4. The van der Waals surface area contributed by atoms with Crippen molar-refractivity contribution < 1.29 is 79.9 Å². The third kappa shape index (κ3) is 18.1. The molecule has 0 amide bonds. The van der Waals surface area contributed by atoms with E-state index >= 15 is 0 Å². The first-order chi connectivity index (χ1) is 10.1. The molecule has 0 rings (SSSR count). The molecule has 23 heavy (non-hydrogen) atoms. The fraction of sp³-hybridized carbons (Fsp3) is 0.333. The molecule has 0 atom stereocenters. The van der Waals surface area contributed by atoms with E-state index < -0.39 is 24.3 Å². The second kappa shape index (κ2) is 25.2. The molecule has 0 aromatic heterocycles. The first kappa shape index (κ1) is 42.9. The third-order valence-electron chi connectivity index (χ3n) is 0.879. The van der Waals surface area contributed by atoms with E-state index in [0.717, 1.165) is 0 Å². The number of hydrogen-bond donors (Lipinski definition) is 0. The summed E-state index contributed by atoms with van der Waals surface area (Å²) >= 11 is 0. The minimum Gasteiger partial charge on any atom is -0.545 e. The van der Waals surface area contributed by atoms with E-state index in [2.05, 4.69) is 33.9 Å². The Hall–Kier alpha value is -1.81. The molecule has 0 aromatic carbocycles. The van der Waals surface area contributed by atoms with Crippen molar-refractivity contribution >= 4 is 40.2 Å². The van der Waals surface area contributed by atoms with E-state index in [9.17, 15) is 30.7 Å². The van der Waals surface area contributed by atoms with Crippen molar-refractivity contribution in [1.29, 1.82) is 0 Å². The van der Waals surface area contributed by atoms with E-state index in [1.54, 1.807) is 0 Å². The van der Waals surface area contributed by atoms with Crippen LogP contribution in [0.2, 0.25) is 0 Å². The van der Waals surface area contributed by atoms with Crippen LogP contribution in [0.3, 0.4) is 0 Å². The van der Waals surface area contributed by atoms with Gasteiger partial charge in [0.15, 0.2) is 0 Å². The van der Waals surface area contributed by atoms with Gasteiger partial charge in [-0.1, -0.05) is 0 Å². The Bertz CT molecular complexity index is 254. The fourth-order valence-electron chi connectivity index (χ4n) is 0.242. The zero-order valence-corrected chi connectivity index (χ0v) is 13.1. The zero-order chi connectivity index (χ0) is 20.2. The van der Waals surface area contributed by atoms with Crippen LogP contribution in [0.1, 0.15) is 0 Å². The molecule has 0 spiro atoms. The number of alkyl halides is 7. The van der Waals surface area contributed by atoms with Gasteiger partial charge in [0.25, 0.3) is 0 Å². The molecule has 0 unspecified atom stereocenters. The normalized spacial score (nSPS) is 8.48. The van der Waals surface area contributed by atoms with Gasteiger partial charge in [0, 0.05) is 20.4 Å². The van der Waals surface area contributed by atoms with Crippen molar-refractivity contribution in [3.8, 4) is 0 Å². The quantitative estimate of drug-likeness (QED) is 0.295. The molecule has 14 heteroatoms. The second-order valence-electron chi connectivity index (χ2n) is 1.75. The summed E-state index contributed by atoms with van der Waals surface area (Å²) in [5, 5.41) is 0. The molecule has 0 heterocycles. The maximum Gasteiger partial charge on any atom is 0.456 e. The summed E-state index contributed by atoms with van der Waals surface area (Å²) in [6.45, 7) is 16.2. The van der Waals surface area contributed by atoms with Crippen molar-refractivity contribution in [2.24, 2.45) is 0 Å². The molecule has 0 saturated carbocycles. The van der Waals surface area contributed by atoms with E-state index in [1.807, 2.05) is 0 Å². The first-order valence-corrected chi connectivity index (χ1v) is 3.46. The van der Waals surface area contributed by atoms with Crippen molar-refractivity contribution in [2.75, 3.05) is 0 Å². The molecule has 0 aliphatic rings. The Morgan fingerprint density at radius 2 is 0.739 bits per heavy atom. The average molecular weight is 528 g/mol. The Kier molecular flexibility index (Phi) is 46.9. The largest absolute Gasteiger partial charge is 0.545 e. The van der Waals surface area contributed by atoms with Crippen LogP contribution in [-0.4, -0.2) is 58.3 Å². The Balaban J connectivity index is -0.0000000396. The van der Waals surface area contributed by atoms with Gasteiger partial charge >= 0.3 is 12.1 Å². The Morgan fingerprint density at radius 1 is 0.565 bits per heavy atom. The van der Waals surface area contributed by atoms with Crippen molar-refractivity contribution in [3.63, 3.8) is 0 Å². The van der Waals surface area contributed by atoms with E-state index in [-0.39, 0.29) is 20.4 Å². The third-order valence-corrected chi connectivity index (χ3v) is 0.879. The summed E-state index contributed by atoms with van der Waals surface area (Å²) in [7, 11) is 0. The molecular weight excluding hydrogens is 523 g/mol. The summed E-state index contributed by atoms with van der Waals surface area (Å²) < 4.78 is 79.5. The molecule has 0 aliphatic carbocycles. The van der Waals surface area contributed by atoms with Crippen LogP contribution < -0.4 is 0 Å². The standard InChI is InChI=1S/C4F7O.5CHO.Re/c5-2(6,1-12)3(7,8)4(9,10)11;5*1-2;/h;5*1H;/q6*-1;. The number of rotatable bonds is 2. The molecular formula is C9H5F7O6Re-6. The number of hydrogen-bond acceptors (Lipinski definition) is 6. The minimum atomic E-state index is -6.46. The van der Waals surface area contributed by atoms with Gasteiger partial charge in [-0.2, -0.15) is 28.2 Å². The van der Waals surface area contributed by atoms with Gasteiger partial charge in [-0.3, -0.25) is 33.9 Å². The van der Waals surface area contributed by atoms with Crippen LogP contribution in [0.4, 0.5) is 30.7 Å². The molecule has 0 fully saturated rings. The Labute approximate surface area is 139 Å². The van der Waals surface area contributed by atoms with Gasteiger partial charge in [-0.05, 0) is 0 Å². The SMILES string of the molecule is O=[C-]C(F)(F)C(F)(F)C(F)(F)F.[CH-]=O.[CH-]=O.[CH-]=O.[CH-]=O.[CH-]=O.[Re]. The van der Waals surface area contributed by atoms with Gasteiger partial charge in [0.1, 0.15) is 0 Å². The fourth-order valence-corrected chi connectivity index (χ4v) is 0.242.